The summed E-state index contributed by atoms with van der Waals surface area (Å²) in [4.78, 5) is 2.31. The summed E-state index contributed by atoms with van der Waals surface area (Å²) in [5, 5.41) is 2.51. The molecule has 11 rings (SSSR count). The molecule has 9 aromatic rings. The molecule has 4 heteroatoms. The molecule has 2 heterocycles. The van der Waals surface area contributed by atoms with Crippen LogP contribution < -0.4 is 9.64 Å². The Hall–Kier alpha value is -8.34. The summed E-state index contributed by atoms with van der Waals surface area (Å²) in [6.45, 7) is 8.67. The first-order valence-corrected chi connectivity index (χ1v) is 22.7. The fourth-order valence-corrected chi connectivity index (χ4v) is 9.50. The number of aryl methyl sites for hydroxylation is 1. The highest BCUT2D eigenvalue weighted by Crippen LogP contribution is 2.42. The van der Waals surface area contributed by atoms with E-state index in [0.717, 1.165) is 96.7 Å². The van der Waals surface area contributed by atoms with Crippen LogP contribution in [0.4, 0.5) is 17.1 Å². The van der Waals surface area contributed by atoms with Crippen LogP contribution in [0.5, 0.6) is 11.5 Å². The minimum atomic E-state index is 0.341. The van der Waals surface area contributed by atoms with Gasteiger partial charge in [0, 0.05) is 50.2 Å². The zero-order valence-corrected chi connectivity index (χ0v) is 37.1. The lowest BCUT2D eigenvalue weighted by molar-refractivity contribution is 0.383. The van der Waals surface area contributed by atoms with E-state index < -0.39 is 0 Å². The zero-order chi connectivity index (χ0) is 44.6. The predicted molar refractivity (Wildman–Crippen MR) is 275 cm³/mol. The van der Waals surface area contributed by atoms with Crippen LogP contribution in [0.25, 0.3) is 55.5 Å². The third-order valence-electron chi connectivity index (χ3n) is 12.8. The monoisotopic (exact) mass is 852 g/mol. The van der Waals surface area contributed by atoms with Gasteiger partial charge in [0.15, 0.2) is 0 Å². The molecule has 8 aromatic carbocycles. The van der Waals surface area contributed by atoms with E-state index in [1.807, 2.05) is 42.5 Å². The Morgan fingerprint density at radius 1 is 0.591 bits per heavy atom. The molecule has 1 atom stereocenters. The second-order valence-electron chi connectivity index (χ2n) is 17.1. The number of aromatic nitrogens is 1. The summed E-state index contributed by atoms with van der Waals surface area (Å²) in [5.41, 5.74) is 15.3. The van der Waals surface area contributed by atoms with Crippen molar-refractivity contribution < 1.29 is 9.47 Å². The number of benzene rings is 8. The van der Waals surface area contributed by atoms with E-state index in [1.54, 1.807) is 0 Å². The minimum Gasteiger partial charge on any atom is -0.456 e. The van der Waals surface area contributed by atoms with E-state index in [0.29, 0.717) is 5.92 Å². The summed E-state index contributed by atoms with van der Waals surface area (Å²) in [6, 6.07) is 68.8. The third-order valence-corrected chi connectivity index (χ3v) is 12.8. The molecule has 0 fully saturated rings. The Labute approximate surface area is 386 Å². The summed E-state index contributed by atoms with van der Waals surface area (Å²) >= 11 is 0. The Morgan fingerprint density at radius 3 is 1.88 bits per heavy atom. The normalized spacial score (nSPS) is 15.9. The van der Waals surface area contributed by atoms with Crippen molar-refractivity contribution in [2.24, 2.45) is 5.92 Å². The van der Waals surface area contributed by atoms with Gasteiger partial charge in [-0.05, 0) is 144 Å². The molecule has 0 saturated heterocycles. The van der Waals surface area contributed by atoms with Gasteiger partial charge in [0.25, 0.3) is 0 Å². The fraction of sp³-hybridized carbons (Fsp3) is 0.0645. The van der Waals surface area contributed by atoms with Crippen LogP contribution in [-0.2, 0) is 4.74 Å². The van der Waals surface area contributed by atoms with Crippen LogP contribution in [0.3, 0.4) is 0 Å². The largest absolute Gasteiger partial charge is 0.456 e. The van der Waals surface area contributed by atoms with Crippen LogP contribution in [0, 0.1) is 12.8 Å². The molecule has 2 aliphatic rings. The standard InChI is InChI=1S/C62H48N2O2/c1-42-15-12-27-59(66-60-28-13-16-43(2)61(42)60)47-33-39-51(40-34-47)63(50-37-31-46(32-38-50)54-24-11-17-44(3)62(54)65-53-20-5-4-6-21-53)49-35-29-45(30-36-49)48-18-14-19-52(41-48)64-57-25-9-7-22-55(57)56-23-8-10-26-58(56)64/h4-15,17-41,43H,1,16H2,2-3H3/b15-12-,59-27-. The first kappa shape index (κ1) is 40.4. The maximum atomic E-state index is 6.65. The lowest BCUT2D eigenvalue weighted by Gasteiger charge is -2.27. The van der Waals surface area contributed by atoms with Gasteiger partial charge in [-0.2, -0.15) is 0 Å². The number of fused-ring (bicyclic) bond motifs is 3. The maximum absolute atomic E-state index is 6.65. The molecule has 0 radical (unpaired) electrons. The van der Waals surface area contributed by atoms with E-state index in [2.05, 4.69) is 212 Å². The molecular weight excluding hydrogens is 805 g/mol. The van der Waals surface area contributed by atoms with Crippen molar-refractivity contribution in [2.45, 2.75) is 20.3 Å². The minimum absolute atomic E-state index is 0.341. The summed E-state index contributed by atoms with van der Waals surface area (Å²) in [6.07, 6.45) is 11.4. The van der Waals surface area contributed by atoms with Gasteiger partial charge in [0.1, 0.15) is 23.0 Å². The molecule has 0 amide bonds. The highest BCUT2D eigenvalue weighted by Gasteiger charge is 2.22. The van der Waals surface area contributed by atoms with E-state index in [1.165, 1.54) is 21.8 Å². The Bertz CT molecular complexity index is 3350. The summed E-state index contributed by atoms with van der Waals surface area (Å²) in [5.74, 6) is 3.67. The number of rotatable bonds is 9. The molecular formula is C62H48N2O2. The Balaban J connectivity index is 0.957. The molecule has 0 saturated carbocycles. The fourth-order valence-electron chi connectivity index (χ4n) is 9.50. The van der Waals surface area contributed by atoms with Gasteiger partial charge in [-0.25, -0.2) is 0 Å². The smallest absolute Gasteiger partial charge is 0.138 e. The third kappa shape index (κ3) is 7.63. The molecule has 1 unspecified atom stereocenters. The average molecular weight is 853 g/mol. The highest BCUT2D eigenvalue weighted by molar-refractivity contribution is 6.09. The SMILES string of the molecule is C=C1/C=C\C=C(\c2ccc(N(c3ccc(-c4cccc(-n5c6ccccc6c6ccccc65)c4)cc3)c3ccc(-c4cccc(C)c4Oc4ccccc4)cc3)cc2)OC2=C1C(C)CC=C2. The lowest BCUT2D eigenvalue weighted by Crippen LogP contribution is -2.11. The lowest BCUT2D eigenvalue weighted by atomic mass is 9.87. The van der Waals surface area contributed by atoms with Gasteiger partial charge in [-0.15, -0.1) is 0 Å². The van der Waals surface area contributed by atoms with Crippen molar-refractivity contribution in [1.82, 2.24) is 4.57 Å². The second-order valence-corrected chi connectivity index (χ2v) is 17.1. The van der Waals surface area contributed by atoms with Crippen molar-refractivity contribution in [3.8, 4) is 39.4 Å². The maximum Gasteiger partial charge on any atom is 0.138 e. The number of hydrogen-bond donors (Lipinski definition) is 0. The van der Waals surface area contributed by atoms with Gasteiger partial charge in [-0.3, -0.25) is 0 Å². The number of ether oxygens (including phenoxy) is 2. The molecule has 66 heavy (non-hydrogen) atoms. The van der Waals surface area contributed by atoms with Gasteiger partial charge in [-0.1, -0.05) is 141 Å². The number of para-hydroxylation sites is 4. The predicted octanol–water partition coefficient (Wildman–Crippen LogP) is 17.0. The van der Waals surface area contributed by atoms with E-state index >= 15 is 0 Å². The van der Waals surface area contributed by atoms with Crippen LogP contribution in [-0.4, -0.2) is 4.57 Å². The quantitative estimate of drug-likeness (QED) is 0.145. The Kier molecular flexibility index (Phi) is 10.6. The van der Waals surface area contributed by atoms with Crippen molar-refractivity contribution in [2.75, 3.05) is 4.90 Å². The Morgan fingerprint density at radius 2 is 1.20 bits per heavy atom. The van der Waals surface area contributed by atoms with Crippen LogP contribution in [0.15, 0.2) is 248 Å². The molecule has 1 aliphatic carbocycles. The summed E-state index contributed by atoms with van der Waals surface area (Å²) in [7, 11) is 0. The topological polar surface area (TPSA) is 26.6 Å². The first-order valence-electron chi connectivity index (χ1n) is 22.7. The van der Waals surface area contributed by atoms with Gasteiger partial charge in [0.2, 0.25) is 0 Å². The molecule has 0 spiro atoms. The van der Waals surface area contributed by atoms with Gasteiger partial charge in [0.05, 0.1) is 11.0 Å². The summed E-state index contributed by atoms with van der Waals surface area (Å²) < 4.78 is 15.5. The number of hydrogen-bond acceptors (Lipinski definition) is 3. The highest BCUT2D eigenvalue weighted by atomic mass is 16.5. The second kappa shape index (κ2) is 17.3. The van der Waals surface area contributed by atoms with Crippen molar-refractivity contribution in [3.63, 3.8) is 0 Å². The van der Waals surface area contributed by atoms with Crippen molar-refractivity contribution in [1.29, 1.82) is 0 Å². The van der Waals surface area contributed by atoms with Crippen LogP contribution >= 0.6 is 0 Å². The number of allylic oxidation sites excluding steroid dienone is 7. The number of nitrogens with zero attached hydrogens (tertiary/aromatic N) is 2. The molecule has 0 N–H and O–H groups in total. The number of anilines is 3. The van der Waals surface area contributed by atoms with Crippen LogP contribution in [0.1, 0.15) is 24.5 Å². The van der Waals surface area contributed by atoms with Crippen molar-refractivity contribution >= 4 is 44.6 Å². The average Bonchev–Trinajstić information content (AvgIpc) is 3.69. The molecule has 1 aliphatic heterocycles. The molecule has 318 valence electrons. The van der Waals surface area contributed by atoms with Crippen molar-refractivity contribution in [3.05, 3.63) is 259 Å². The zero-order valence-electron chi connectivity index (χ0n) is 37.1. The molecule has 0 bridgehead atoms. The van der Waals surface area contributed by atoms with Gasteiger partial charge >= 0.3 is 0 Å². The van der Waals surface area contributed by atoms with E-state index in [4.69, 9.17) is 9.47 Å². The van der Waals surface area contributed by atoms with E-state index in [-0.39, 0.29) is 0 Å². The first-order chi connectivity index (χ1) is 32.5. The van der Waals surface area contributed by atoms with E-state index in [9.17, 15) is 0 Å². The molecule has 4 nitrogen and oxygen atoms in total. The van der Waals surface area contributed by atoms with Gasteiger partial charge < -0.3 is 18.9 Å². The molecule has 1 aromatic heterocycles. The van der Waals surface area contributed by atoms with Crippen LogP contribution in [0.2, 0.25) is 0 Å².